The van der Waals surface area contributed by atoms with E-state index in [4.69, 9.17) is 5.11 Å². The minimum atomic E-state index is -4.37. The van der Waals surface area contributed by atoms with Gasteiger partial charge in [-0.1, -0.05) is 36.4 Å². The van der Waals surface area contributed by atoms with Gasteiger partial charge in [-0.25, -0.2) is 0 Å². The molecule has 1 amide bonds. The van der Waals surface area contributed by atoms with Crippen LogP contribution < -0.4 is 5.32 Å². The monoisotopic (exact) mass is 337 g/mol. The van der Waals surface area contributed by atoms with Crippen LogP contribution in [0.4, 0.5) is 13.2 Å². The van der Waals surface area contributed by atoms with Gasteiger partial charge in [0.1, 0.15) is 0 Å². The summed E-state index contributed by atoms with van der Waals surface area (Å²) >= 11 is 0. The summed E-state index contributed by atoms with van der Waals surface area (Å²) in [4.78, 5) is 11.8. The van der Waals surface area contributed by atoms with Gasteiger partial charge in [-0.15, -0.1) is 0 Å². The van der Waals surface area contributed by atoms with E-state index in [9.17, 15) is 18.0 Å². The molecule has 0 bridgehead atoms. The molecule has 24 heavy (non-hydrogen) atoms. The topological polar surface area (TPSA) is 49.3 Å². The third-order valence-corrected chi connectivity index (χ3v) is 3.59. The van der Waals surface area contributed by atoms with Crippen molar-refractivity contribution < 1.29 is 23.1 Å². The molecule has 0 heterocycles. The number of hydrogen-bond donors (Lipinski definition) is 2. The van der Waals surface area contributed by atoms with E-state index in [2.05, 4.69) is 5.32 Å². The number of nitrogens with one attached hydrogen (secondary N) is 1. The first kappa shape index (κ1) is 18.0. The van der Waals surface area contributed by atoms with E-state index in [0.29, 0.717) is 18.5 Å². The number of rotatable bonds is 6. The van der Waals surface area contributed by atoms with Crippen molar-refractivity contribution in [2.24, 2.45) is 0 Å². The molecule has 0 spiro atoms. The number of benzene rings is 2. The van der Waals surface area contributed by atoms with Crippen molar-refractivity contribution in [1.29, 1.82) is 0 Å². The zero-order chi connectivity index (χ0) is 17.6. The molecule has 0 saturated heterocycles. The Morgan fingerprint density at radius 3 is 2.00 bits per heavy atom. The first-order valence-corrected chi connectivity index (χ1v) is 7.50. The van der Waals surface area contributed by atoms with Gasteiger partial charge in [0.2, 0.25) is 5.91 Å². The molecule has 6 heteroatoms. The highest BCUT2D eigenvalue weighted by atomic mass is 19.4. The van der Waals surface area contributed by atoms with Crippen LogP contribution in [0.25, 0.3) is 0 Å². The highest BCUT2D eigenvalue weighted by molar-refractivity contribution is 5.78. The minimum Gasteiger partial charge on any atom is -0.392 e. The normalized spacial score (nSPS) is 11.3. The van der Waals surface area contributed by atoms with Gasteiger partial charge in [0.15, 0.2) is 0 Å². The van der Waals surface area contributed by atoms with Gasteiger partial charge in [0.25, 0.3) is 0 Å². The van der Waals surface area contributed by atoms with Crippen molar-refractivity contribution in [3.8, 4) is 0 Å². The molecule has 0 aliphatic carbocycles. The number of aliphatic hydroxyl groups is 1. The number of alkyl halides is 3. The second-order valence-corrected chi connectivity index (χ2v) is 5.45. The predicted molar refractivity (Wildman–Crippen MR) is 84.2 cm³/mol. The maximum Gasteiger partial charge on any atom is 0.416 e. The molecule has 2 aromatic carbocycles. The second kappa shape index (κ2) is 7.97. The smallest absolute Gasteiger partial charge is 0.392 e. The molecular formula is C18H18F3NO2. The fourth-order valence-corrected chi connectivity index (χ4v) is 2.22. The molecule has 0 saturated carbocycles. The average Bonchev–Trinajstić information content (AvgIpc) is 2.55. The summed E-state index contributed by atoms with van der Waals surface area (Å²) in [5.41, 5.74) is 1.66. The molecule has 0 radical (unpaired) electrons. The lowest BCUT2D eigenvalue weighted by Gasteiger charge is -2.08. The number of carbonyl (C=O) groups excluding carboxylic acids is 1. The average molecular weight is 337 g/mol. The second-order valence-electron chi connectivity index (χ2n) is 5.45. The van der Waals surface area contributed by atoms with Gasteiger partial charge in [-0.2, -0.15) is 13.2 Å². The summed E-state index contributed by atoms with van der Waals surface area (Å²) in [5.74, 6) is -0.235. The Bertz CT molecular complexity index is 664. The number of carbonyl (C=O) groups is 1. The quantitative estimate of drug-likeness (QED) is 0.851. The lowest BCUT2D eigenvalue weighted by atomic mass is 10.1. The van der Waals surface area contributed by atoms with Crippen LogP contribution >= 0.6 is 0 Å². The summed E-state index contributed by atoms with van der Waals surface area (Å²) in [6, 6.07) is 12.0. The maximum absolute atomic E-state index is 12.5. The van der Waals surface area contributed by atoms with Crippen LogP contribution in [-0.2, 0) is 30.4 Å². The molecule has 3 nitrogen and oxygen atoms in total. The number of amides is 1. The molecule has 0 aromatic heterocycles. The molecule has 0 fully saturated rings. The first-order valence-electron chi connectivity index (χ1n) is 7.50. The van der Waals surface area contributed by atoms with Crippen LogP contribution in [0.5, 0.6) is 0 Å². The fraction of sp³-hybridized carbons (Fsp3) is 0.278. The van der Waals surface area contributed by atoms with Crippen molar-refractivity contribution >= 4 is 5.91 Å². The van der Waals surface area contributed by atoms with Crippen molar-refractivity contribution in [3.63, 3.8) is 0 Å². The van der Waals surface area contributed by atoms with E-state index < -0.39 is 11.7 Å². The Morgan fingerprint density at radius 2 is 1.46 bits per heavy atom. The molecular weight excluding hydrogens is 319 g/mol. The third kappa shape index (κ3) is 5.38. The fourth-order valence-electron chi connectivity index (χ4n) is 2.22. The molecule has 128 valence electrons. The summed E-state index contributed by atoms with van der Waals surface area (Å²) in [7, 11) is 0. The van der Waals surface area contributed by atoms with Crippen LogP contribution in [0.3, 0.4) is 0 Å². The van der Waals surface area contributed by atoms with Crippen LogP contribution in [0.2, 0.25) is 0 Å². The Balaban J connectivity index is 1.78. The van der Waals surface area contributed by atoms with E-state index in [-0.39, 0.29) is 18.9 Å². The van der Waals surface area contributed by atoms with Gasteiger partial charge in [0, 0.05) is 6.54 Å². The predicted octanol–water partition coefficient (Wildman–Crippen LogP) is 3.10. The molecule has 0 aliphatic heterocycles. The number of aliphatic hydroxyl groups excluding tert-OH is 1. The van der Waals surface area contributed by atoms with E-state index in [1.165, 1.54) is 12.1 Å². The van der Waals surface area contributed by atoms with E-state index in [0.717, 1.165) is 23.3 Å². The van der Waals surface area contributed by atoms with E-state index in [1.54, 1.807) is 0 Å². The summed E-state index contributed by atoms with van der Waals surface area (Å²) in [6.45, 7) is 0.433. The van der Waals surface area contributed by atoms with Gasteiger partial charge < -0.3 is 10.4 Å². The highest BCUT2D eigenvalue weighted by Gasteiger charge is 2.29. The first-order chi connectivity index (χ1) is 11.4. The molecule has 0 unspecified atom stereocenters. The number of halogens is 3. The number of hydrogen-bond acceptors (Lipinski definition) is 2. The standard InChI is InChI=1S/C18H18F3NO2/c19-18(20,21)16-7-5-14(6-8-16)11-17(24)22-10-9-13-1-3-15(12-23)4-2-13/h1-8,23H,9-12H2,(H,22,24). The Kier molecular flexibility index (Phi) is 5.98. The zero-order valence-corrected chi connectivity index (χ0v) is 12.9. The van der Waals surface area contributed by atoms with E-state index in [1.807, 2.05) is 24.3 Å². The van der Waals surface area contributed by atoms with Crippen LogP contribution in [0, 0.1) is 0 Å². The highest BCUT2D eigenvalue weighted by Crippen LogP contribution is 2.29. The zero-order valence-electron chi connectivity index (χ0n) is 12.9. The van der Waals surface area contributed by atoms with Gasteiger partial charge in [-0.05, 0) is 35.2 Å². The summed E-state index contributed by atoms with van der Waals surface area (Å²) in [5, 5.41) is 11.7. The SMILES string of the molecule is O=C(Cc1ccc(C(F)(F)F)cc1)NCCc1ccc(CO)cc1. The minimum absolute atomic E-state index is 0.00978. The van der Waals surface area contributed by atoms with Crippen LogP contribution in [0.15, 0.2) is 48.5 Å². The van der Waals surface area contributed by atoms with Crippen molar-refractivity contribution in [1.82, 2.24) is 5.32 Å². The maximum atomic E-state index is 12.5. The molecule has 0 aliphatic rings. The Labute approximate surface area is 138 Å². The van der Waals surface area contributed by atoms with Gasteiger partial charge in [0.05, 0.1) is 18.6 Å². The largest absolute Gasteiger partial charge is 0.416 e. The summed E-state index contributed by atoms with van der Waals surface area (Å²) in [6.07, 6.45) is -3.68. The molecule has 0 atom stereocenters. The van der Waals surface area contributed by atoms with Crippen LogP contribution in [0.1, 0.15) is 22.3 Å². The molecule has 2 aromatic rings. The lowest BCUT2D eigenvalue weighted by Crippen LogP contribution is -2.27. The van der Waals surface area contributed by atoms with Crippen molar-refractivity contribution in [2.75, 3.05) is 6.54 Å². The third-order valence-electron chi connectivity index (χ3n) is 3.59. The van der Waals surface area contributed by atoms with Gasteiger partial charge >= 0.3 is 6.18 Å². The molecule has 2 rings (SSSR count). The van der Waals surface area contributed by atoms with Crippen LogP contribution in [-0.4, -0.2) is 17.6 Å². The Hall–Kier alpha value is -2.34. The lowest BCUT2D eigenvalue weighted by molar-refractivity contribution is -0.137. The summed E-state index contributed by atoms with van der Waals surface area (Å²) < 4.78 is 37.4. The van der Waals surface area contributed by atoms with Gasteiger partial charge in [-0.3, -0.25) is 4.79 Å². The van der Waals surface area contributed by atoms with E-state index >= 15 is 0 Å². The van der Waals surface area contributed by atoms with Crippen molar-refractivity contribution in [3.05, 3.63) is 70.8 Å². The molecule has 2 N–H and O–H groups in total. The van der Waals surface area contributed by atoms with Crippen molar-refractivity contribution in [2.45, 2.75) is 25.6 Å². The Morgan fingerprint density at radius 1 is 0.917 bits per heavy atom.